The molecule has 0 aliphatic heterocycles. The highest BCUT2D eigenvalue weighted by molar-refractivity contribution is 9.10. The monoisotopic (exact) mass is 536 g/mol. The first-order valence-electron chi connectivity index (χ1n) is 10.4. The number of carbonyl (C=O) groups excluding carboxylic acids is 1. The first kappa shape index (κ1) is 23.6. The first-order chi connectivity index (χ1) is 15.5. The first-order valence-corrected chi connectivity index (χ1v) is 13.1. The molecule has 0 unspecified atom stereocenters. The van der Waals surface area contributed by atoms with Gasteiger partial charge in [-0.05, 0) is 59.0 Å². The predicted octanol–water partition coefficient (Wildman–Crippen LogP) is 2.19. The number of aliphatic hydroxyl groups excluding tert-OH is 1. The van der Waals surface area contributed by atoms with E-state index in [2.05, 4.69) is 41.6 Å². The number of fused-ring (bicyclic) bond motifs is 1. The number of amides is 1. The van der Waals surface area contributed by atoms with Gasteiger partial charge in [0.05, 0.1) is 22.6 Å². The summed E-state index contributed by atoms with van der Waals surface area (Å²) in [6, 6.07) is 4.63. The number of anilines is 1. The van der Waals surface area contributed by atoms with Crippen LogP contribution in [0.25, 0.3) is 16.7 Å². The lowest BCUT2D eigenvalue weighted by Gasteiger charge is -2.22. The SMILES string of the molecule is CNC(=O)[C@]1(C)CC[C@@H](Nc2ncc3c(Br)nn(-c4cc(CO)cc(S(C)(=O)=O)c4)c3n2)C1. The Morgan fingerprint density at radius 3 is 2.79 bits per heavy atom. The minimum atomic E-state index is -3.50. The largest absolute Gasteiger partial charge is 0.392 e. The molecule has 0 radical (unpaired) electrons. The van der Waals surface area contributed by atoms with Crippen molar-refractivity contribution in [3.8, 4) is 5.69 Å². The lowest BCUT2D eigenvalue weighted by Crippen LogP contribution is -2.35. The van der Waals surface area contributed by atoms with Crippen molar-refractivity contribution in [2.45, 2.75) is 43.7 Å². The maximum Gasteiger partial charge on any atom is 0.225 e. The average Bonchev–Trinajstić information content (AvgIpc) is 3.32. The van der Waals surface area contributed by atoms with Crippen LogP contribution in [0.4, 0.5) is 5.95 Å². The molecule has 1 aliphatic carbocycles. The second-order valence-corrected chi connectivity index (χ2v) is 11.4. The van der Waals surface area contributed by atoms with Crippen LogP contribution in [0.2, 0.25) is 0 Å². The van der Waals surface area contributed by atoms with Crippen molar-refractivity contribution in [3.05, 3.63) is 34.6 Å². The molecule has 0 saturated heterocycles. The standard InChI is InChI=1S/C21H25BrN6O4S/c1-21(19(30)23-2)5-4-13(9-21)25-20-24-10-16-17(22)27-28(18(16)26-20)14-6-12(11-29)7-15(8-14)33(3,31)32/h6-8,10,13,29H,4-5,9,11H2,1-3H3,(H,23,30)(H,24,25,26)/t13-,21-/m1/s1. The summed E-state index contributed by atoms with van der Waals surface area (Å²) in [5.41, 5.74) is 0.935. The van der Waals surface area contributed by atoms with Gasteiger partial charge in [0.15, 0.2) is 15.5 Å². The van der Waals surface area contributed by atoms with E-state index in [1.54, 1.807) is 19.3 Å². The summed E-state index contributed by atoms with van der Waals surface area (Å²) in [6.45, 7) is 1.64. The Kier molecular flexibility index (Phi) is 6.18. The van der Waals surface area contributed by atoms with Crippen molar-refractivity contribution in [2.75, 3.05) is 18.6 Å². The van der Waals surface area contributed by atoms with Gasteiger partial charge < -0.3 is 15.7 Å². The summed E-state index contributed by atoms with van der Waals surface area (Å²) in [4.78, 5) is 21.3. The average molecular weight is 537 g/mol. The third-order valence-corrected chi connectivity index (χ3v) is 7.71. The lowest BCUT2D eigenvalue weighted by atomic mass is 9.87. The number of nitrogens with one attached hydrogen (secondary N) is 2. The molecule has 1 amide bonds. The minimum Gasteiger partial charge on any atom is -0.392 e. The van der Waals surface area contributed by atoms with E-state index in [0.717, 1.165) is 19.1 Å². The van der Waals surface area contributed by atoms with Crippen molar-refractivity contribution >= 4 is 48.7 Å². The summed E-state index contributed by atoms with van der Waals surface area (Å²) in [5.74, 6) is 0.416. The number of carbonyl (C=O) groups is 1. The van der Waals surface area contributed by atoms with Gasteiger partial charge in [-0.3, -0.25) is 4.79 Å². The molecule has 176 valence electrons. The highest BCUT2D eigenvalue weighted by Gasteiger charge is 2.41. The van der Waals surface area contributed by atoms with Gasteiger partial charge in [0.1, 0.15) is 4.60 Å². The Bertz CT molecular complexity index is 1340. The normalized spacial score (nSPS) is 20.8. The maximum absolute atomic E-state index is 12.2. The van der Waals surface area contributed by atoms with Crippen LogP contribution in [-0.2, 0) is 21.2 Å². The third-order valence-electron chi connectivity index (χ3n) is 6.04. The molecule has 1 aromatic carbocycles. The molecular formula is C21H25BrN6O4S. The summed E-state index contributed by atoms with van der Waals surface area (Å²) in [7, 11) is -1.85. The van der Waals surface area contributed by atoms with Crippen LogP contribution in [0.1, 0.15) is 31.7 Å². The molecule has 10 nitrogen and oxygen atoms in total. The summed E-state index contributed by atoms with van der Waals surface area (Å²) in [5, 5.41) is 20.8. The molecule has 0 bridgehead atoms. The van der Waals surface area contributed by atoms with E-state index in [4.69, 9.17) is 0 Å². The van der Waals surface area contributed by atoms with Crippen LogP contribution < -0.4 is 10.6 Å². The van der Waals surface area contributed by atoms with Gasteiger partial charge in [-0.1, -0.05) is 6.92 Å². The Morgan fingerprint density at radius 2 is 2.12 bits per heavy atom. The molecule has 12 heteroatoms. The van der Waals surface area contributed by atoms with E-state index in [9.17, 15) is 18.3 Å². The van der Waals surface area contributed by atoms with E-state index in [0.29, 0.717) is 39.3 Å². The molecule has 2 aromatic heterocycles. The molecule has 4 rings (SSSR count). The van der Waals surface area contributed by atoms with Gasteiger partial charge in [-0.25, -0.2) is 18.1 Å². The van der Waals surface area contributed by atoms with E-state index < -0.39 is 15.3 Å². The van der Waals surface area contributed by atoms with Gasteiger partial charge in [0, 0.05) is 31.0 Å². The number of aliphatic hydroxyl groups is 1. The van der Waals surface area contributed by atoms with E-state index in [1.807, 2.05) is 6.92 Å². The highest BCUT2D eigenvalue weighted by Crippen LogP contribution is 2.39. The molecule has 1 aliphatic rings. The Balaban J connectivity index is 1.71. The van der Waals surface area contributed by atoms with Gasteiger partial charge in [-0.15, -0.1) is 0 Å². The summed E-state index contributed by atoms with van der Waals surface area (Å²) in [6.07, 6.45) is 4.98. The number of hydrogen-bond donors (Lipinski definition) is 3. The number of hydrogen-bond acceptors (Lipinski definition) is 8. The number of nitrogens with zero attached hydrogens (tertiary/aromatic N) is 4. The van der Waals surface area contributed by atoms with E-state index in [-0.39, 0.29) is 23.5 Å². The topological polar surface area (TPSA) is 139 Å². The van der Waals surface area contributed by atoms with Crippen LogP contribution in [-0.4, -0.2) is 58.5 Å². The van der Waals surface area contributed by atoms with Gasteiger partial charge in [0.2, 0.25) is 11.9 Å². The Hall–Kier alpha value is -2.57. The number of benzene rings is 1. The van der Waals surface area contributed by atoms with Gasteiger partial charge >= 0.3 is 0 Å². The predicted molar refractivity (Wildman–Crippen MR) is 127 cm³/mol. The lowest BCUT2D eigenvalue weighted by molar-refractivity contribution is -0.129. The summed E-state index contributed by atoms with van der Waals surface area (Å²) < 4.78 is 26.3. The number of rotatable bonds is 6. The quantitative estimate of drug-likeness (QED) is 0.435. The maximum atomic E-state index is 12.2. The van der Waals surface area contributed by atoms with Crippen molar-refractivity contribution < 1.29 is 18.3 Å². The van der Waals surface area contributed by atoms with E-state index >= 15 is 0 Å². The zero-order chi connectivity index (χ0) is 24.0. The molecule has 1 fully saturated rings. The molecule has 0 spiro atoms. The second kappa shape index (κ2) is 8.65. The fourth-order valence-corrected chi connectivity index (χ4v) is 5.38. The molecule has 2 atom stereocenters. The smallest absolute Gasteiger partial charge is 0.225 e. The fourth-order valence-electron chi connectivity index (χ4n) is 4.24. The molecule has 2 heterocycles. The fraction of sp³-hybridized carbons (Fsp3) is 0.429. The molecule has 3 N–H and O–H groups in total. The Morgan fingerprint density at radius 1 is 1.36 bits per heavy atom. The van der Waals surface area contributed by atoms with Crippen LogP contribution in [0.5, 0.6) is 0 Å². The van der Waals surface area contributed by atoms with Crippen molar-refractivity contribution in [1.82, 2.24) is 25.1 Å². The number of sulfone groups is 1. The van der Waals surface area contributed by atoms with Crippen molar-refractivity contribution in [1.29, 1.82) is 0 Å². The minimum absolute atomic E-state index is 0.0237. The van der Waals surface area contributed by atoms with Gasteiger partial charge in [-0.2, -0.15) is 10.1 Å². The molecule has 1 saturated carbocycles. The molecule has 3 aromatic rings. The van der Waals surface area contributed by atoms with Crippen LogP contribution >= 0.6 is 15.9 Å². The second-order valence-electron chi connectivity index (χ2n) is 8.62. The zero-order valence-corrected chi connectivity index (χ0v) is 20.9. The van der Waals surface area contributed by atoms with Crippen molar-refractivity contribution in [2.24, 2.45) is 5.41 Å². The van der Waals surface area contributed by atoms with E-state index in [1.165, 1.54) is 16.8 Å². The van der Waals surface area contributed by atoms with Crippen molar-refractivity contribution in [3.63, 3.8) is 0 Å². The number of aromatic nitrogens is 4. The van der Waals surface area contributed by atoms with Crippen LogP contribution in [0, 0.1) is 5.41 Å². The number of halogens is 1. The highest BCUT2D eigenvalue weighted by atomic mass is 79.9. The Labute approximate surface area is 199 Å². The zero-order valence-electron chi connectivity index (χ0n) is 18.5. The summed E-state index contributed by atoms with van der Waals surface area (Å²) >= 11 is 3.42. The molecular weight excluding hydrogens is 512 g/mol. The van der Waals surface area contributed by atoms with Crippen LogP contribution in [0.15, 0.2) is 33.9 Å². The van der Waals surface area contributed by atoms with Gasteiger partial charge in [0.25, 0.3) is 0 Å². The third kappa shape index (κ3) is 4.59. The van der Waals surface area contributed by atoms with Crippen LogP contribution in [0.3, 0.4) is 0 Å². The molecule has 33 heavy (non-hydrogen) atoms.